The number of pyridine rings is 1. The molecule has 1 saturated heterocycles. The zero-order valence-corrected chi connectivity index (χ0v) is 16.3. The second-order valence-corrected chi connectivity index (χ2v) is 8.60. The van der Waals surface area contributed by atoms with Crippen molar-refractivity contribution in [2.24, 2.45) is 0 Å². The summed E-state index contributed by atoms with van der Waals surface area (Å²) in [6, 6.07) is 3.52. The summed E-state index contributed by atoms with van der Waals surface area (Å²) in [5.74, 6) is -2.31. The van der Waals surface area contributed by atoms with E-state index in [1.807, 2.05) is 0 Å². The number of anilines is 1. The highest BCUT2D eigenvalue weighted by Gasteiger charge is 2.34. The van der Waals surface area contributed by atoms with Gasteiger partial charge in [0, 0.05) is 32.4 Å². The van der Waals surface area contributed by atoms with Crippen LogP contribution in [0.1, 0.15) is 12.0 Å². The van der Waals surface area contributed by atoms with E-state index in [9.17, 15) is 30.4 Å². The Kier molecular flexibility index (Phi) is 6.02. The standard InChI is InChI=1S/C17H15ClF5N3O2S/c18-12-9-11(17(21,22)23)10-24-16(12)25-5-2-6-26(8-7-25)29(27,28)15-13(19)3-1-4-14(15)20/h1,3-4,9-10H,2,5-8H2. The number of benzene rings is 1. The van der Waals surface area contributed by atoms with E-state index in [0.717, 1.165) is 28.6 Å². The Bertz CT molecular complexity index is 996. The summed E-state index contributed by atoms with van der Waals surface area (Å²) >= 11 is 5.95. The number of nitrogens with zero attached hydrogens (tertiary/aromatic N) is 3. The molecule has 0 saturated carbocycles. The lowest BCUT2D eigenvalue weighted by Gasteiger charge is -2.24. The van der Waals surface area contributed by atoms with E-state index in [1.165, 1.54) is 4.90 Å². The normalized spacial score (nSPS) is 16.7. The van der Waals surface area contributed by atoms with Crippen molar-refractivity contribution >= 4 is 27.4 Å². The summed E-state index contributed by atoms with van der Waals surface area (Å²) < 4.78 is 92.6. The lowest BCUT2D eigenvalue weighted by Crippen LogP contribution is -2.36. The summed E-state index contributed by atoms with van der Waals surface area (Å²) in [5, 5.41) is -0.226. The average molecular weight is 456 g/mol. The van der Waals surface area contributed by atoms with E-state index >= 15 is 0 Å². The zero-order chi connectivity index (χ0) is 21.4. The molecule has 2 aromatic rings. The highest BCUT2D eigenvalue weighted by molar-refractivity contribution is 7.89. The molecule has 0 N–H and O–H groups in total. The third kappa shape index (κ3) is 4.46. The first-order valence-electron chi connectivity index (χ1n) is 8.43. The number of alkyl halides is 3. The molecule has 1 aliphatic heterocycles. The molecule has 12 heteroatoms. The first kappa shape index (κ1) is 21.7. The first-order valence-corrected chi connectivity index (χ1v) is 10.3. The fourth-order valence-electron chi connectivity index (χ4n) is 3.02. The second-order valence-electron chi connectivity index (χ2n) is 6.32. The average Bonchev–Trinajstić information content (AvgIpc) is 2.87. The van der Waals surface area contributed by atoms with Gasteiger partial charge in [-0.15, -0.1) is 0 Å². The molecule has 5 nitrogen and oxygen atoms in total. The molecule has 0 unspecified atom stereocenters. The molecular formula is C17H15ClF5N3O2S. The van der Waals surface area contributed by atoms with Crippen molar-refractivity contribution in [1.29, 1.82) is 0 Å². The summed E-state index contributed by atoms with van der Waals surface area (Å²) in [5.41, 5.74) is -1.000. The smallest absolute Gasteiger partial charge is 0.354 e. The Labute approximate surface area is 168 Å². The van der Waals surface area contributed by atoms with Gasteiger partial charge >= 0.3 is 6.18 Å². The highest BCUT2D eigenvalue weighted by Crippen LogP contribution is 2.34. The fourth-order valence-corrected chi connectivity index (χ4v) is 4.89. The molecule has 2 heterocycles. The van der Waals surface area contributed by atoms with Gasteiger partial charge in [-0.05, 0) is 24.6 Å². The van der Waals surface area contributed by atoms with Crippen LogP contribution in [0.3, 0.4) is 0 Å². The van der Waals surface area contributed by atoms with Gasteiger partial charge in [0.15, 0.2) is 4.90 Å². The van der Waals surface area contributed by atoms with E-state index in [2.05, 4.69) is 4.98 Å². The number of hydrogen-bond donors (Lipinski definition) is 0. The predicted molar refractivity (Wildman–Crippen MR) is 96.2 cm³/mol. The van der Waals surface area contributed by atoms with Gasteiger partial charge in [0.25, 0.3) is 0 Å². The molecular weight excluding hydrogens is 441 g/mol. The molecule has 0 radical (unpaired) electrons. The number of aromatic nitrogens is 1. The summed E-state index contributed by atoms with van der Waals surface area (Å²) in [6.07, 6.45) is -3.69. The van der Waals surface area contributed by atoms with Crippen molar-refractivity contribution in [3.05, 3.63) is 52.7 Å². The van der Waals surface area contributed by atoms with E-state index < -0.39 is 38.3 Å². The van der Waals surface area contributed by atoms with Gasteiger partial charge in [0.1, 0.15) is 17.5 Å². The lowest BCUT2D eigenvalue weighted by atomic mass is 10.2. The maximum absolute atomic E-state index is 14.0. The molecule has 0 spiro atoms. The topological polar surface area (TPSA) is 53.5 Å². The van der Waals surface area contributed by atoms with Crippen LogP contribution in [0, 0.1) is 11.6 Å². The zero-order valence-electron chi connectivity index (χ0n) is 14.8. The first-order chi connectivity index (χ1) is 13.5. The number of hydrogen-bond acceptors (Lipinski definition) is 4. The van der Waals surface area contributed by atoms with Gasteiger partial charge in [0.05, 0.1) is 10.6 Å². The predicted octanol–water partition coefficient (Wildman–Crippen LogP) is 3.93. The minimum absolute atomic E-state index is 0.0230. The van der Waals surface area contributed by atoms with E-state index in [1.54, 1.807) is 0 Å². The van der Waals surface area contributed by atoms with Crippen LogP contribution in [0.4, 0.5) is 27.8 Å². The maximum atomic E-state index is 14.0. The fraction of sp³-hybridized carbons (Fsp3) is 0.353. The van der Waals surface area contributed by atoms with Crippen molar-refractivity contribution < 1.29 is 30.4 Å². The van der Waals surface area contributed by atoms with Crippen LogP contribution >= 0.6 is 11.6 Å². The largest absolute Gasteiger partial charge is 0.417 e. The van der Waals surface area contributed by atoms with Gasteiger partial charge in [0.2, 0.25) is 10.0 Å². The molecule has 0 atom stereocenters. The minimum atomic E-state index is -4.59. The van der Waals surface area contributed by atoms with E-state index in [-0.39, 0.29) is 43.4 Å². The number of sulfonamides is 1. The van der Waals surface area contributed by atoms with Gasteiger partial charge in [-0.3, -0.25) is 0 Å². The van der Waals surface area contributed by atoms with Crippen molar-refractivity contribution in [2.45, 2.75) is 17.5 Å². The molecule has 29 heavy (non-hydrogen) atoms. The van der Waals surface area contributed by atoms with Gasteiger partial charge < -0.3 is 4.90 Å². The Hall–Kier alpha value is -1.98. The van der Waals surface area contributed by atoms with Crippen LogP contribution in [-0.2, 0) is 16.2 Å². The van der Waals surface area contributed by atoms with Crippen LogP contribution < -0.4 is 4.90 Å². The molecule has 1 aromatic carbocycles. The van der Waals surface area contributed by atoms with Crippen molar-refractivity contribution in [2.75, 3.05) is 31.1 Å². The van der Waals surface area contributed by atoms with Gasteiger partial charge in [-0.1, -0.05) is 17.7 Å². The number of rotatable bonds is 3. The Morgan fingerprint density at radius 2 is 1.69 bits per heavy atom. The Morgan fingerprint density at radius 1 is 1.03 bits per heavy atom. The van der Waals surface area contributed by atoms with Crippen molar-refractivity contribution in [3.8, 4) is 0 Å². The molecule has 3 rings (SSSR count). The molecule has 0 bridgehead atoms. The van der Waals surface area contributed by atoms with Crippen molar-refractivity contribution in [1.82, 2.24) is 9.29 Å². The Morgan fingerprint density at radius 3 is 2.28 bits per heavy atom. The third-order valence-corrected chi connectivity index (χ3v) is 6.65. The number of halogens is 6. The molecule has 1 aliphatic rings. The minimum Gasteiger partial charge on any atom is -0.354 e. The van der Waals surface area contributed by atoms with Crippen LogP contribution in [0.15, 0.2) is 35.4 Å². The molecule has 1 aromatic heterocycles. The summed E-state index contributed by atoms with van der Waals surface area (Å²) in [4.78, 5) is 4.28. The molecule has 158 valence electrons. The summed E-state index contributed by atoms with van der Waals surface area (Å²) in [6.45, 7) is 0.122. The van der Waals surface area contributed by atoms with E-state index in [0.29, 0.717) is 6.20 Å². The maximum Gasteiger partial charge on any atom is 0.417 e. The monoisotopic (exact) mass is 455 g/mol. The quantitative estimate of drug-likeness (QED) is 0.658. The van der Waals surface area contributed by atoms with Crippen LogP contribution in [0.2, 0.25) is 5.02 Å². The molecule has 0 aliphatic carbocycles. The van der Waals surface area contributed by atoms with Crippen molar-refractivity contribution in [3.63, 3.8) is 0 Å². The second kappa shape index (κ2) is 8.04. The van der Waals surface area contributed by atoms with Crippen LogP contribution in [0.25, 0.3) is 0 Å². The lowest BCUT2D eigenvalue weighted by molar-refractivity contribution is -0.137. The molecule has 0 amide bonds. The molecule has 1 fully saturated rings. The van der Waals surface area contributed by atoms with Gasteiger partial charge in [-0.2, -0.15) is 17.5 Å². The van der Waals surface area contributed by atoms with E-state index in [4.69, 9.17) is 11.6 Å². The summed E-state index contributed by atoms with van der Waals surface area (Å²) in [7, 11) is -4.43. The van der Waals surface area contributed by atoms with Crippen LogP contribution in [-0.4, -0.2) is 43.9 Å². The van der Waals surface area contributed by atoms with Crippen LogP contribution in [0.5, 0.6) is 0 Å². The highest BCUT2D eigenvalue weighted by atomic mass is 35.5. The third-order valence-electron chi connectivity index (χ3n) is 4.42. The van der Waals surface area contributed by atoms with Gasteiger partial charge in [-0.25, -0.2) is 22.2 Å². The Balaban J connectivity index is 1.83. The SMILES string of the molecule is O=S(=O)(c1c(F)cccc1F)N1CCCN(c2ncc(C(F)(F)F)cc2Cl)CC1.